The third-order valence-electron chi connectivity index (χ3n) is 3.54. The highest BCUT2D eigenvalue weighted by Crippen LogP contribution is 2.25. The van der Waals surface area contributed by atoms with Crippen LogP contribution in [0, 0.1) is 6.92 Å². The molecule has 1 fully saturated rings. The molecule has 0 atom stereocenters. The SMILES string of the molecule is COC1CCC(Nc2ccc(Br)c(C)c2)CC1. The van der Waals surface area contributed by atoms with Gasteiger partial charge in [0.15, 0.2) is 0 Å². The van der Waals surface area contributed by atoms with Crippen molar-refractivity contribution in [1.82, 2.24) is 0 Å². The minimum absolute atomic E-state index is 0.472. The molecule has 1 aliphatic carbocycles. The Morgan fingerprint density at radius 2 is 1.94 bits per heavy atom. The Hall–Kier alpha value is -0.540. The van der Waals surface area contributed by atoms with Gasteiger partial charge in [-0.2, -0.15) is 0 Å². The molecule has 0 unspecified atom stereocenters. The first-order chi connectivity index (χ1) is 8.19. The number of hydrogen-bond acceptors (Lipinski definition) is 2. The fourth-order valence-electron chi connectivity index (χ4n) is 2.41. The summed E-state index contributed by atoms with van der Waals surface area (Å²) < 4.78 is 6.56. The molecular formula is C14H20BrNO. The minimum atomic E-state index is 0.472. The zero-order chi connectivity index (χ0) is 12.3. The lowest BCUT2D eigenvalue weighted by Gasteiger charge is -2.29. The fourth-order valence-corrected chi connectivity index (χ4v) is 2.66. The first-order valence-corrected chi connectivity index (χ1v) is 7.04. The number of benzene rings is 1. The van der Waals surface area contributed by atoms with Gasteiger partial charge in [0, 0.05) is 23.3 Å². The summed E-state index contributed by atoms with van der Waals surface area (Å²) in [4.78, 5) is 0. The van der Waals surface area contributed by atoms with Crippen LogP contribution in [0.25, 0.3) is 0 Å². The van der Waals surface area contributed by atoms with Gasteiger partial charge in [-0.1, -0.05) is 15.9 Å². The quantitative estimate of drug-likeness (QED) is 0.906. The Morgan fingerprint density at radius 1 is 1.24 bits per heavy atom. The van der Waals surface area contributed by atoms with Gasteiger partial charge in [0.05, 0.1) is 6.10 Å². The van der Waals surface area contributed by atoms with Crippen molar-refractivity contribution in [2.45, 2.75) is 44.8 Å². The van der Waals surface area contributed by atoms with Crippen LogP contribution in [0.4, 0.5) is 5.69 Å². The second-order valence-corrected chi connectivity index (χ2v) is 5.67. The standard InChI is InChI=1S/C14H20BrNO/c1-10-9-12(5-8-14(10)15)16-11-3-6-13(17-2)7-4-11/h5,8-9,11,13,16H,3-4,6-7H2,1-2H3. The molecule has 3 heteroatoms. The maximum Gasteiger partial charge on any atom is 0.0572 e. The molecule has 0 amide bonds. The molecule has 1 saturated carbocycles. The van der Waals surface area contributed by atoms with Crippen molar-refractivity contribution < 1.29 is 4.74 Å². The van der Waals surface area contributed by atoms with Gasteiger partial charge in [-0.3, -0.25) is 0 Å². The van der Waals surface area contributed by atoms with E-state index in [9.17, 15) is 0 Å². The first kappa shape index (κ1) is 12.9. The van der Waals surface area contributed by atoms with E-state index in [1.165, 1.54) is 41.4 Å². The molecule has 0 aromatic heterocycles. The monoisotopic (exact) mass is 297 g/mol. The second-order valence-electron chi connectivity index (χ2n) is 4.82. The Morgan fingerprint density at radius 3 is 2.53 bits per heavy atom. The molecule has 17 heavy (non-hydrogen) atoms. The van der Waals surface area contributed by atoms with Crippen molar-refractivity contribution in [3.8, 4) is 0 Å². The molecule has 0 radical (unpaired) electrons. The van der Waals surface area contributed by atoms with Gasteiger partial charge in [0.1, 0.15) is 0 Å². The van der Waals surface area contributed by atoms with Crippen molar-refractivity contribution >= 4 is 21.6 Å². The van der Waals surface area contributed by atoms with Crippen LogP contribution >= 0.6 is 15.9 Å². The van der Waals surface area contributed by atoms with E-state index in [1.807, 2.05) is 7.11 Å². The largest absolute Gasteiger partial charge is 0.382 e. The average Bonchev–Trinajstić information content (AvgIpc) is 2.35. The van der Waals surface area contributed by atoms with Crippen LogP contribution in [0.3, 0.4) is 0 Å². The van der Waals surface area contributed by atoms with Crippen molar-refractivity contribution in [2.75, 3.05) is 12.4 Å². The normalized spacial score (nSPS) is 24.6. The fraction of sp³-hybridized carbons (Fsp3) is 0.571. The van der Waals surface area contributed by atoms with E-state index in [1.54, 1.807) is 0 Å². The van der Waals surface area contributed by atoms with Crippen LogP contribution in [0.1, 0.15) is 31.2 Å². The maximum absolute atomic E-state index is 5.39. The molecule has 1 N–H and O–H groups in total. The number of aryl methyl sites for hydroxylation is 1. The smallest absolute Gasteiger partial charge is 0.0572 e. The summed E-state index contributed by atoms with van der Waals surface area (Å²) in [5.41, 5.74) is 2.51. The lowest BCUT2D eigenvalue weighted by Crippen LogP contribution is -2.29. The minimum Gasteiger partial charge on any atom is -0.382 e. The number of ether oxygens (including phenoxy) is 1. The van der Waals surface area contributed by atoms with Crippen LogP contribution in [-0.4, -0.2) is 19.3 Å². The van der Waals surface area contributed by atoms with Crippen LogP contribution in [0.5, 0.6) is 0 Å². The van der Waals surface area contributed by atoms with E-state index in [0.29, 0.717) is 12.1 Å². The summed E-state index contributed by atoms with van der Waals surface area (Å²) in [7, 11) is 1.82. The molecule has 94 valence electrons. The highest BCUT2D eigenvalue weighted by Gasteiger charge is 2.20. The predicted octanol–water partition coefficient (Wildman–Crippen LogP) is 4.13. The molecular weight excluding hydrogens is 278 g/mol. The van der Waals surface area contributed by atoms with Gasteiger partial charge in [-0.15, -0.1) is 0 Å². The first-order valence-electron chi connectivity index (χ1n) is 6.24. The van der Waals surface area contributed by atoms with Gasteiger partial charge in [-0.05, 0) is 56.4 Å². The van der Waals surface area contributed by atoms with Crippen molar-refractivity contribution in [2.24, 2.45) is 0 Å². The Bertz CT molecular complexity index is 372. The van der Waals surface area contributed by atoms with Crippen LogP contribution in [-0.2, 0) is 4.74 Å². The number of halogens is 1. The number of rotatable bonds is 3. The zero-order valence-corrected chi connectivity index (χ0v) is 12.1. The molecule has 0 heterocycles. The lowest BCUT2D eigenvalue weighted by molar-refractivity contribution is 0.0682. The maximum atomic E-state index is 5.39. The predicted molar refractivity (Wildman–Crippen MR) is 75.6 cm³/mol. The van der Waals surface area contributed by atoms with E-state index >= 15 is 0 Å². The molecule has 1 aromatic carbocycles. The topological polar surface area (TPSA) is 21.3 Å². The molecule has 1 aromatic rings. The van der Waals surface area contributed by atoms with Gasteiger partial charge in [0.2, 0.25) is 0 Å². The highest BCUT2D eigenvalue weighted by atomic mass is 79.9. The van der Waals surface area contributed by atoms with E-state index < -0.39 is 0 Å². The van der Waals surface area contributed by atoms with Crippen LogP contribution in [0.2, 0.25) is 0 Å². The summed E-state index contributed by atoms with van der Waals surface area (Å²) in [6.07, 6.45) is 5.22. The van der Waals surface area contributed by atoms with E-state index in [2.05, 4.69) is 46.4 Å². The molecule has 2 nitrogen and oxygen atoms in total. The molecule has 0 bridgehead atoms. The third-order valence-corrected chi connectivity index (χ3v) is 4.43. The lowest BCUT2D eigenvalue weighted by atomic mass is 9.93. The van der Waals surface area contributed by atoms with Gasteiger partial charge < -0.3 is 10.1 Å². The van der Waals surface area contributed by atoms with Gasteiger partial charge >= 0.3 is 0 Å². The van der Waals surface area contributed by atoms with Gasteiger partial charge in [0.25, 0.3) is 0 Å². The van der Waals surface area contributed by atoms with Gasteiger partial charge in [-0.25, -0.2) is 0 Å². The molecule has 1 aliphatic rings. The molecule has 2 rings (SSSR count). The second kappa shape index (κ2) is 5.87. The molecule has 0 aliphatic heterocycles. The average molecular weight is 298 g/mol. The Labute approximate surface area is 112 Å². The summed E-state index contributed by atoms with van der Waals surface area (Å²) in [6.45, 7) is 2.12. The van der Waals surface area contributed by atoms with E-state index in [4.69, 9.17) is 4.74 Å². The number of hydrogen-bond donors (Lipinski definition) is 1. The van der Waals surface area contributed by atoms with Crippen molar-refractivity contribution in [3.05, 3.63) is 28.2 Å². The summed E-state index contributed by atoms with van der Waals surface area (Å²) in [5.74, 6) is 0. The Balaban J connectivity index is 1.91. The van der Waals surface area contributed by atoms with Crippen molar-refractivity contribution in [3.63, 3.8) is 0 Å². The van der Waals surface area contributed by atoms with E-state index in [-0.39, 0.29) is 0 Å². The zero-order valence-electron chi connectivity index (χ0n) is 10.5. The summed E-state index contributed by atoms with van der Waals surface area (Å²) in [5, 5.41) is 3.62. The number of methoxy groups -OCH3 is 1. The van der Waals surface area contributed by atoms with Crippen molar-refractivity contribution in [1.29, 1.82) is 0 Å². The van der Waals surface area contributed by atoms with Crippen LogP contribution < -0.4 is 5.32 Å². The van der Waals surface area contributed by atoms with Crippen LogP contribution in [0.15, 0.2) is 22.7 Å². The third kappa shape index (κ3) is 3.46. The summed E-state index contributed by atoms with van der Waals surface area (Å²) >= 11 is 3.53. The molecule has 0 spiro atoms. The number of anilines is 1. The highest BCUT2D eigenvalue weighted by molar-refractivity contribution is 9.10. The van der Waals surface area contributed by atoms with E-state index in [0.717, 1.165) is 0 Å². The molecule has 0 saturated heterocycles. The Kier molecular flexibility index (Phi) is 4.46. The number of nitrogens with one attached hydrogen (secondary N) is 1. The summed E-state index contributed by atoms with van der Waals surface area (Å²) in [6, 6.07) is 7.05.